The quantitative estimate of drug-likeness (QED) is 0.210. The van der Waals surface area contributed by atoms with Crippen LogP contribution in [0.5, 0.6) is 11.5 Å². The van der Waals surface area contributed by atoms with Gasteiger partial charge in [-0.1, -0.05) is 18.1 Å². The number of allylic oxidation sites excluding steroid dienone is 2. The van der Waals surface area contributed by atoms with Crippen LogP contribution in [0.15, 0.2) is 52.6 Å². The zero-order chi connectivity index (χ0) is 30.8. The second-order valence-electron chi connectivity index (χ2n) is 9.30. The Morgan fingerprint density at radius 1 is 0.829 bits per heavy atom. The average molecular weight is 623 g/mol. The number of nitrogens with zero attached hydrogens (tertiary/aromatic N) is 1. The molecule has 2 aromatic carbocycles. The number of halogens is 1. The van der Waals surface area contributed by atoms with Gasteiger partial charge in [0.15, 0.2) is 5.78 Å². The smallest absolute Gasteiger partial charge is 0.211 e. The van der Waals surface area contributed by atoms with Crippen LogP contribution >= 0.6 is 15.9 Å². The highest BCUT2D eigenvalue weighted by Crippen LogP contribution is 2.35. The Morgan fingerprint density at radius 2 is 1.32 bits per heavy atom. The third-order valence-corrected chi connectivity index (χ3v) is 6.84. The zero-order valence-corrected chi connectivity index (χ0v) is 24.1. The van der Waals surface area contributed by atoms with Crippen LogP contribution in [0.25, 0.3) is 0 Å². The topological polar surface area (TPSA) is 168 Å². The number of fused-ring (bicyclic) bond motifs is 3. The lowest BCUT2D eigenvalue weighted by Crippen LogP contribution is -2.28. The van der Waals surface area contributed by atoms with Crippen molar-refractivity contribution in [1.29, 1.82) is 0 Å². The van der Waals surface area contributed by atoms with Crippen molar-refractivity contribution in [3.63, 3.8) is 0 Å². The van der Waals surface area contributed by atoms with Gasteiger partial charge in [-0.2, -0.15) is 0 Å². The molecule has 0 bridgehead atoms. The second-order valence-corrected chi connectivity index (χ2v) is 10.1. The highest BCUT2D eigenvalue weighted by atomic mass is 79.9. The Labute approximate surface area is 244 Å². The number of likely N-dealkylation sites (N-methyl/N-ethyl adjacent to an activating group) is 1. The third-order valence-electron chi connectivity index (χ3n) is 6.10. The minimum atomic E-state index is -0.803. The molecule has 2 aliphatic rings. The zero-order valence-electron chi connectivity index (χ0n) is 22.5. The van der Waals surface area contributed by atoms with E-state index in [0.717, 1.165) is 0 Å². The van der Waals surface area contributed by atoms with E-state index in [1.54, 1.807) is 32.0 Å². The van der Waals surface area contributed by atoms with E-state index >= 15 is 0 Å². The third kappa shape index (κ3) is 6.00. The van der Waals surface area contributed by atoms with Gasteiger partial charge in [0, 0.05) is 30.9 Å². The predicted octanol–water partition coefficient (Wildman–Crippen LogP) is 3.49. The summed E-state index contributed by atoms with van der Waals surface area (Å²) in [7, 11) is 3.38. The van der Waals surface area contributed by atoms with Gasteiger partial charge in [0.25, 0.3) is 0 Å². The molecule has 3 aromatic rings. The highest BCUT2D eigenvalue weighted by molar-refractivity contribution is 9.12. The molecule has 1 aromatic heterocycles. The first-order chi connectivity index (χ1) is 19.2. The summed E-state index contributed by atoms with van der Waals surface area (Å²) in [6.45, 7) is 3.08. The fourth-order valence-corrected chi connectivity index (χ4v) is 4.84. The molecule has 0 saturated carbocycles. The molecule has 41 heavy (non-hydrogen) atoms. The van der Waals surface area contributed by atoms with Gasteiger partial charge in [-0.15, -0.1) is 6.42 Å². The van der Waals surface area contributed by atoms with Crippen LogP contribution in [0, 0.1) is 12.3 Å². The van der Waals surface area contributed by atoms with Crippen LogP contribution < -0.4 is 0 Å². The van der Waals surface area contributed by atoms with Crippen LogP contribution in [0.3, 0.4) is 0 Å². The normalized spacial score (nSPS) is 14.8. The van der Waals surface area contributed by atoms with Crippen molar-refractivity contribution in [3.8, 4) is 23.8 Å². The van der Waals surface area contributed by atoms with Gasteiger partial charge >= 0.3 is 0 Å². The number of carbonyl (C=O) groups excluding carboxylic acids is 4. The van der Waals surface area contributed by atoms with E-state index in [4.69, 9.17) is 5.11 Å². The van der Waals surface area contributed by atoms with E-state index in [-0.39, 0.29) is 66.8 Å². The first kappa shape index (κ1) is 31.0. The van der Waals surface area contributed by atoms with Crippen LogP contribution in [0.1, 0.15) is 78.3 Å². The van der Waals surface area contributed by atoms with E-state index < -0.39 is 18.0 Å². The summed E-state index contributed by atoms with van der Waals surface area (Å²) in [6.07, 6.45) is 3.28. The maximum atomic E-state index is 12.3. The molecule has 10 nitrogen and oxygen atoms in total. The summed E-state index contributed by atoms with van der Waals surface area (Å²) in [6, 6.07) is 10.3. The molecule has 5 rings (SSSR count). The lowest BCUT2D eigenvalue weighted by molar-refractivity contribution is 0.0958. The number of aromatic nitrogens is 1. The van der Waals surface area contributed by atoms with Crippen molar-refractivity contribution in [2.24, 2.45) is 0 Å². The number of rotatable bonds is 2. The van der Waals surface area contributed by atoms with E-state index in [2.05, 4.69) is 33.3 Å². The number of phenols is 2. The van der Waals surface area contributed by atoms with Crippen LogP contribution in [0.2, 0.25) is 0 Å². The van der Waals surface area contributed by atoms with Crippen molar-refractivity contribution in [1.82, 2.24) is 9.88 Å². The first-order valence-corrected chi connectivity index (χ1v) is 13.0. The number of benzene rings is 2. The molecular formula is C30H27BrN2O8. The minimum Gasteiger partial charge on any atom is -0.507 e. The van der Waals surface area contributed by atoms with Gasteiger partial charge in [0.1, 0.15) is 23.3 Å². The molecule has 0 saturated heterocycles. The summed E-state index contributed by atoms with van der Waals surface area (Å²) in [4.78, 5) is 53.1. The van der Waals surface area contributed by atoms with Gasteiger partial charge in [-0.3, -0.25) is 19.2 Å². The van der Waals surface area contributed by atoms with Gasteiger partial charge in [-0.25, -0.2) is 0 Å². The molecule has 2 atom stereocenters. The summed E-state index contributed by atoms with van der Waals surface area (Å²) in [5, 5.41) is 37.0. The lowest BCUT2D eigenvalue weighted by atomic mass is 9.87. The summed E-state index contributed by atoms with van der Waals surface area (Å²) in [5.74, 6) is 0.295. The second kappa shape index (κ2) is 12.3. The Hall–Kier alpha value is -4.50. The van der Waals surface area contributed by atoms with Crippen molar-refractivity contribution in [3.05, 3.63) is 91.8 Å². The lowest BCUT2D eigenvalue weighted by Gasteiger charge is -2.23. The van der Waals surface area contributed by atoms with Crippen LogP contribution in [-0.2, 0) is 0 Å². The number of aliphatic hydroxyl groups excluding tert-OH is 2. The molecule has 0 unspecified atom stereocenters. The number of aliphatic hydroxyl groups is 2. The number of ketones is 4. The van der Waals surface area contributed by atoms with E-state index in [1.807, 2.05) is 0 Å². The van der Waals surface area contributed by atoms with Crippen molar-refractivity contribution < 1.29 is 39.6 Å². The fourth-order valence-electron chi connectivity index (χ4n) is 4.11. The van der Waals surface area contributed by atoms with Gasteiger partial charge in [0.05, 0.1) is 33.0 Å². The molecule has 0 fully saturated rings. The number of aromatic hydroxyl groups is 2. The minimum absolute atomic E-state index is 0.0242. The first-order valence-electron chi connectivity index (χ1n) is 12.2. The summed E-state index contributed by atoms with van der Waals surface area (Å²) < 4.78 is 0.182. The van der Waals surface area contributed by atoms with Crippen LogP contribution in [-0.4, -0.2) is 73.6 Å². The Kier molecular flexibility index (Phi) is 9.35. The van der Waals surface area contributed by atoms with E-state index in [1.165, 1.54) is 43.3 Å². The highest BCUT2D eigenvalue weighted by Gasteiger charge is 2.35. The van der Waals surface area contributed by atoms with Gasteiger partial charge < -0.3 is 30.3 Å². The maximum Gasteiger partial charge on any atom is 0.211 e. The Bertz CT molecular complexity index is 1640. The molecule has 0 radical (unpaired) electrons. The SMILES string of the molecule is C#C[C@H](C)O.CN(C)C1=C(Br)C(=O)c2c(O)cccc2C1=O.C[C@H](O)c1cc2c([nH]1)C(=O)c1cccc(O)c1C2=O. The molecule has 5 N–H and O–H groups in total. The number of terminal acetylenes is 1. The molecule has 0 amide bonds. The summed E-state index contributed by atoms with van der Waals surface area (Å²) in [5.41, 5.74) is 1.56. The monoisotopic (exact) mass is 622 g/mol. The van der Waals surface area contributed by atoms with Crippen molar-refractivity contribution in [2.75, 3.05) is 14.1 Å². The number of hydrogen-bond donors (Lipinski definition) is 5. The molecule has 11 heteroatoms. The largest absolute Gasteiger partial charge is 0.507 e. The number of aromatic amines is 1. The van der Waals surface area contributed by atoms with E-state index in [9.17, 15) is 34.5 Å². The van der Waals surface area contributed by atoms with Crippen molar-refractivity contribution in [2.45, 2.75) is 26.1 Å². The average Bonchev–Trinajstić information content (AvgIpc) is 3.38. The molecule has 1 heterocycles. The number of nitrogens with one attached hydrogen (secondary N) is 1. The standard InChI is InChI=1S/C14H11NO4.C12H10BrNO3.C4H6O/c1-6(16)9-5-8-12(15-9)14(19)7-3-2-4-10(17)11(7)13(8)18;1-14(2)10-9(13)12(17)8-6(11(10)16)4-3-5-7(8)15;1-3-4(2)5/h2-6,15-17H,1H3;3-5,15H,1-2H3;1,4-5H,2H3/t6-;;4-/m0.0/s1. The fraction of sp³-hybridized carbons (Fsp3) is 0.200. The molecule has 212 valence electrons. The molecule has 2 aliphatic carbocycles. The van der Waals surface area contributed by atoms with Crippen molar-refractivity contribution >= 4 is 39.1 Å². The number of Topliss-reactive ketones (excluding diaryl/α,β-unsaturated/α-hetero) is 2. The van der Waals surface area contributed by atoms with Crippen LogP contribution in [0.4, 0.5) is 0 Å². The predicted molar refractivity (Wildman–Crippen MR) is 153 cm³/mol. The molecular weight excluding hydrogens is 596 g/mol. The number of H-pyrrole nitrogens is 1. The number of phenolic OH excluding ortho intramolecular Hbond substituents is 2. The number of hydrogen-bond acceptors (Lipinski definition) is 9. The van der Waals surface area contributed by atoms with E-state index in [0.29, 0.717) is 11.4 Å². The number of carbonyl (C=O) groups is 4. The molecule has 0 spiro atoms. The van der Waals surface area contributed by atoms with Gasteiger partial charge in [-0.05, 0) is 60.1 Å². The van der Waals surface area contributed by atoms with Gasteiger partial charge in [0.2, 0.25) is 17.3 Å². The Morgan fingerprint density at radius 3 is 1.78 bits per heavy atom. The summed E-state index contributed by atoms with van der Waals surface area (Å²) >= 11 is 3.12. The maximum absolute atomic E-state index is 12.3. The molecule has 0 aliphatic heterocycles. The Balaban J connectivity index is 0.000000195.